The second-order valence-electron chi connectivity index (χ2n) is 5.69. The Morgan fingerprint density at radius 3 is 2.77 bits per heavy atom. The summed E-state index contributed by atoms with van der Waals surface area (Å²) in [6.07, 6.45) is 0.845. The molecule has 0 aliphatic carbocycles. The summed E-state index contributed by atoms with van der Waals surface area (Å²) in [5, 5.41) is 6.96. The molecule has 0 bridgehead atoms. The molecule has 1 fully saturated rings. The summed E-state index contributed by atoms with van der Waals surface area (Å²) in [5.74, 6) is 0.950. The summed E-state index contributed by atoms with van der Waals surface area (Å²) in [7, 11) is 0. The topological polar surface area (TPSA) is 58.4 Å². The highest BCUT2D eigenvalue weighted by Gasteiger charge is 2.30. The first-order valence-electron chi connectivity index (χ1n) is 7.65. The van der Waals surface area contributed by atoms with Crippen molar-refractivity contribution < 1.29 is 9.32 Å². The molecule has 1 unspecified atom stereocenters. The van der Waals surface area contributed by atoms with E-state index in [9.17, 15) is 4.79 Å². The van der Waals surface area contributed by atoms with Gasteiger partial charge in [-0.15, -0.1) is 0 Å². The van der Waals surface area contributed by atoms with Crippen molar-refractivity contribution in [3.05, 3.63) is 52.9 Å². The van der Waals surface area contributed by atoms with Crippen molar-refractivity contribution in [1.29, 1.82) is 0 Å². The lowest BCUT2D eigenvalue weighted by Gasteiger charge is -2.35. The van der Waals surface area contributed by atoms with Crippen LogP contribution in [0.1, 0.15) is 28.6 Å². The maximum Gasteiger partial charge on any atom is 0.242 e. The molecule has 0 radical (unpaired) electrons. The van der Waals surface area contributed by atoms with Crippen LogP contribution < -0.4 is 5.32 Å². The van der Waals surface area contributed by atoms with Gasteiger partial charge in [0.15, 0.2) is 0 Å². The van der Waals surface area contributed by atoms with Crippen molar-refractivity contribution in [2.75, 3.05) is 19.6 Å². The predicted octanol–water partition coefficient (Wildman–Crippen LogP) is 2.01. The van der Waals surface area contributed by atoms with Gasteiger partial charge < -0.3 is 9.84 Å². The Morgan fingerprint density at radius 1 is 1.32 bits per heavy atom. The summed E-state index contributed by atoms with van der Waals surface area (Å²) in [5.41, 5.74) is 3.13. The maximum atomic E-state index is 12.3. The molecule has 1 aliphatic rings. The van der Waals surface area contributed by atoms with E-state index < -0.39 is 0 Å². The van der Waals surface area contributed by atoms with E-state index in [1.54, 1.807) is 0 Å². The van der Waals surface area contributed by atoms with E-state index >= 15 is 0 Å². The highest BCUT2D eigenvalue weighted by Crippen LogP contribution is 2.24. The summed E-state index contributed by atoms with van der Waals surface area (Å²) < 4.78 is 5.22. The molecule has 0 spiro atoms. The van der Waals surface area contributed by atoms with Crippen LogP contribution in [0.2, 0.25) is 0 Å². The number of amides is 1. The third-order valence-electron chi connectivity index (χ3n) is 4.26. The van der Waals surface area contributed by atoms with Gasteiger partial charge in [-0.1, -0.05) is 35.5 Å². The molecule has 1 N–H and O–H groups in total. The number of aromatic nitrogens is 1. The molecule has 116 valence electrons. The molecule has 2 heterocycles. The summed E-state index contributed by atoms with van der Waals surface area (Å²) in [6, 6.07) is 9.73. The maximum absolute atomic E-state index is 12.3. The molecule has 1 atom stereocenters. The molecule has 1 aromatic heterocycles. The average Bonchev–Trinajstić information content (AvgIpc) is 2.85. The summed E-state index contributed by atoms with van der Waals surface area (Å²) in [6.45, 7) is 6.27. The van der Waals surface area contributed by atoms with Gasteiger partial charge in [0.25, 0.3) is 0 Å². The second-order valence-corrected chi connectivity index (χ2v) is 5.69. The van der Waals surface area contributed by atoms with Crippen molar-refractivity contribution in [2.24, 2.45) is 0 Å². The van der Waals surface area contributed by atoms with Gasteiger partial charge in [0.05, 0.1) is 5.69 Å². The number of benzene rings is 1. The van der Waals surface area contributed by atoms with Crippen molar-refractivity contribution in [2.45, 2.75) is 26.3 Å². The molecule has 1 aromatic carbocycles. The zero-order valence-corrected chi connectivity index (χ0v) is 13.0. The van der Waals surface area contributed by atoms with Crippen LogP contribution in [0.5, 0.6) is 0 Å². The molecule has 2 aromatic rings. The normalized spacial score (nSPS) is 19.2. The van der Waals surface area contributed by atoms with E-state index in [-0.39, 0.29) is 11.9 Å². The van der Waals surface area contributed by atoms with Gasteiger partial charge in [-0.2, -0.15) is 0 Å². The fourth-order valence-corrected chi connectivity index (χ4v) is 3.07. The van der Waals surface area contributed by atoms with Crippen LogP contribution in [-0.4, -0.2) is 35.6 Å². The van der Waals surface area contributed by atoms with Crippen LogP contribution in [0.4, 0.5) is 0 Å². The highest BCUT2D eigenvalue weighted by atomic mass is 16.5. The minimum Gasteiger partial charge on any atom is -0.361 e. The number of aryl methyl sites for hydroxylation is 2. The monoisotopic (exact) mass is 299 g/mol. The Labute approximate surface area is 130 Å². The molecule has 1 saturated heterocycles. The lowest BCUT2D eigenvalue weighted by atomic mass is 10.0. The quantitative estimate of drug-likeness (QED) is 0.938. The molecule has 0 saturated carbocycles. The second kappa shape index (κ2) is 6.32. The zero-order valence-electron chi connectivity index (χ0n) is 13.0. The molecule has 1 amide bonds. The van der Waals surface area contributed by atoms with E-state index in [0.29, 0.717) is 6.54 Å². The van der Waals surface area contributed by atoms with Crippen LogP contribution >= 0.6 is 0 Å². The van der Waals surface area contributed by atoms with Crippen LogP contribution in [0, 0.1) is 13.8 Å². The predicted molar refractivity (Wildman–Crippen MR) is 83.4 cm³/mol. The first-order chi connectivity index (χ1) is 10.7. The van der Waals surface area contributed by atoms with Crippen molar-refractivity contribution >= 4 is 5.91 Å². The van der Waals surface area contributed by atoms with Crippen molar-refractivity contribution in [3.63, 3.8) is 0 Å². The molecule has 5 nitrogen and oxygen atoms in total. The van der Waals surface area contributed by atoms with Gasteiger partial charge >= 0.3 is 0 Å². The van der Waals surface area contributed by atoms with Gasteiger partial charge in [-0.05, 0) is 25.8 Å². The first kappa shape index (κ1) is 14.8. The van der Waals surface area contributed by atoms with Crippen LogP contribution in [0.3, 0.4) is 0 Å². The highest BCUT2D eigenvalue weighted by molar-refractivity contribution is 5.83. The van der Waals surface area contributed by atoms with E-state index in [1.165, 1.54) is 0 Å². The zero-order chi connectivity index (χ0) is 15.5. The van der Waals surface area contributed by atoms with Gasteiger partial charge in [0.1, 0.15) is 11.8 Å². The Morgan fingerprint density at radius 2 is 2.09 bits per heavy atom. The van der Waals surface area contributed by atoms with Gasteiger partial charge in [-0.3, -0.25) is 9.69 Å². The molecular weight excluding hydrogens is 278 g/mol. The Hall–Kier alpha value is -2.14. The summed E-state index contributed by atoms with van der Waals surface area (Å²) >= 11 is 0. The molecule has 1 aliphatic heterocycles. The third-order valence-corrected chi connectivity index (χ3v) is 4.26. The van der Waals surface area contributed by atoms with Crippen molar-refractivity contribution in [1.82, 2.24) is 15.4 Å². The standard InChI is InChI=1S/C17H21N3O2/c1-12-15(13(2)22-19-12)8-10-20-11-9-18-17(21)16(20)14-6-4-3-5-7-14/h3-7,16H,8-11H2,1-2H3,(H,18,21). The lowest BCUT2D eigenvalue weighted by molar-refractivity contribution is -0.129. The fraction of sp³-hybridized carbons (Fsp3) is 0.412. The van der Waals surface area contributed by atoms with Crippen LogP contribution in [-0.2, 0) is 11.2 Å². The Bertz CT molecular complexity index is 632. The number of carbonyl (C=O) groups excluding carboxylic acids is 1. The van der Waals surface area contributed by atoms with Gasteiger partial charge in [-0.25, -0.2) is 0 Å². The number of rotatable bonds is 4. The smallest absolute Gasteiger partial charge is 0.242 e. The van der Waals surface area contributed by atoms with Gasteiger partial charge in [0, 0.05) is 25.2 Å². The van der Waals surface area contributed by atoms with E-state index in [2.05, 4.69) is 15.4 Å². The Kier molecular flexibility index (Phi) is 4.24. The number of piperazine rings is 1. The lowest BCUT2D eigenvalue weighted by Crippen LogP contribution is -2.50. The number of nitrogens with one attached hydrogen (secondary N) is 1. The number of carbonyl (C=O) groups is 1. The molecule has 22 heavy (non-hydrogen) atoms. The number of hydrogen-bond acceptors (Lipinski definition) is 4. The largest absolute Gasteiger partial charge is 0.361 e. The van der Waals surface area contributed by atoms with E-state index in [0.717, 1.165) is 42.1 Å². The Balaban J connectivity index is 1.77. The minimum absolute atomic E-state index is 0.0798. The SMILES string of the molecule is Cc1noc(C)c1CCN1CCNC(=O)C1c1ccccc1. The third kappa shape index (κ3) is 2.90. The molecule has 3 rings (SSSR count). The molecule has 5 heteroatoms. The summed E-state index contributed by atoms with van der Waals surface area (Å²) in [4.78, 5) is 14.6. The van der Waals surface area contributed by atoms with Gasteiger partial charge in [0.2, 0.25) is 5.91 Å². The van der Waals surface area contributed by atoms with Crippen LogP contribution in [0.15, 0.2) is 34.9 Å². The minimum atomic E-state index is -0.213. The first-order valence-corrected chi connectivity index (χ1v) is 7.65. The van der Waals surface area contributed by atoms with E-state index in [4.69, 9.17) is 4.52 Å². The fourth-order valence-electron chi connectivity index (χ4n) is 3.07. The molecular formula is C17H21N3O2. The van der Waals surface area contributed by atoms with Crippen molar-refractivity contribution in [3.8, 4) is 0 Å². The van der Waals surface area contributed by atoms with E-state index in [1.807, 2.05) is 44.2 Å². The average molecular weight is 299 g/mol. The number of hydrogen-bond donors (Lipinski definition) is 1. The van der Waals surface area contributed by atoms with Crippen LogP contribution in [0.25, 0.3) is 0 Å². The number of nitrogens with zero attached hydrogens (tertiary/aromatic N) is 2.